The lowest BCUT2D eigenvalue weighted by atomic mass is 9.94. The molecule has 0 saturated heterocycles. The van der Waals surface area contributed by atoms with Crippen LogP contribution in [0.25, 0.3) is 0 Å². The molecular formula is C10H20O2. The lowest BCUT2D eigenvalue weighted by molar-refractivity contribution is -0.137. The van der Waals surface area contributed by atoms with Gasteiger partial charge in [0.15, 0.2) is 0 Å². The van der Waals surface area contributed by atoms with E-state index in [1.54, 1.807) is 0 Å². The lowest BCUT2D eigenvalue weighted by Gasteiger charge is -2.11. The van der Waals surface area contributed by atoms with Gasteiger partial charge in [-0.05, 0) is 12.3 Å². The Morgan fingerprint density at radius 1 is 1.33 bits per heavy atom. The summed E-state index contributed by atoms with van der Waals surface area (Å²) in [6, 6.07) is 0. The van der Waals surface area contributed by atoms with Crippen molar-refractivity contribution in [3.05, 3.63) is 0 Å². The zero-order chi connectivity index (χ0) is 9.40. The molecule has 1 unspecified atom stereocenters. The Morgan fingerprint density at radius 3 is 2.42 bits per heavy atom. The molecule has 0 aliphatic carbocycles. The molecule has 12 heavy (non-hydrogen) atoms. The predicted molar refractivity (Wildman–Crippen MR) is 50.2 cm³/mol. The number of carboxylic acids is 1. The second-order valence-corrected chi connectivity index (χ2v) is 3.35. The van der Waals surface area contributed by atoms with E-state index >= 15 is 0 Å². The molecule has 1 atom stereocenters. The largest absolute Gasteiger partial charge is 0.481 e. The van der Waals surface area contributed by atoms with Crippen LogP contribution in [0.2, 0.25) is 0 Å². The minimum absolute atomic E-state index is 0.336. The monoisotopic (exact) mass is 172 g/mol. The highest BCUT2D eigenvalue weighted by Crippen LogP contribution is 2.17. The summed E-state index contributed by atoms with van der Waals surface area (Å²) >= 11 is 0. The van der Waals surface area contributed by atoms with E-state index in [0.29, 0.717) is 12.3 Å². The molecule has 0 aromatic carbocycles. The summed E-state index contributed by atoms with van der Waals surface area (Å²) in [7, 11) is 0. The molecule has 0 rings (SSSR count). The van der Waals surface area contributed by atoms with Crippen LogP contribution in [0.3, 0.4) is 0 Å². The average molecular weight is 172 g/mol. The van der Waals surface area contributed by atoms with Crippen molar-refractivity contribution in [1.82, 2.24) is 0 Å². The van der Waals surface area contributed by atoms with Crippen LogP contribution in [-0.4, -0.2) is 11.1 Å². The highest BCUT2D eigenvalue weighted by Gasteiger charge is 2.07. The van der Waals surface area contributed by atoms with Crippen molar-refractivity contribution in [2.75, 3.05) is 0 Å². The van der Waals surface area contributed by atoms with Crippen LogP contribution in [0.15, 0.2) is 0 Å². The van der Waals surface area contributed by atoms with Crippen LogP contribution in [0.5, 0.6) is 0 Å². The molecule has 0 fully saturated rings. The molecular weight excluding hydrogens is 152 g/mol. The lowest BCUT2D eigenvalue weighted by Crippen LogP contribution is -2.03. The summed E-state index contributed by atoms with van der Waals surface area (Å²) in [6.45, 7) is 4.31. The van der Waals surface area contributed by atoms with E-state index in [1.807, 2.05) is 0 Å². The summed E-state index contributed by atoms with van der Waals surface area (Å²) in [6.07, 6.45) is 5.95. The van der Waals surface area contributed by atoms with E-state index in [9.17, 15) is 4.79 Å². The van der Waals surface area contributed by atoms with E-state index in [-0.39, 0.29) is 0 Å². The van der Waals surface area contributed by atoms with Gasteiger partial charge in [-0.25, -0.2) is 0 Å². The van der Waals surface area contributed by atoms with Gasteiger partial charge in [-0.15, -0.1) is 0 Å². The van der Waals surface area contributed by atoms with Gasteiger partial charge in [0.05, 0.1) is 0 Å². The van der Waals surface area contributed by atoms with Crippen LogP contribution in [0, 0.1) is 5.92 Å². The molecule has 72 valence electrons. The molecule has 0 aromatic heterocycles. The van der Waals surface area contributed by atoms with Gasteiger partial charge in [-0.2, -0.15) is 0 Å². The molecule has 0 aliphatic rings. The fourth-order valence-corrected chi connectivity index (χ4v) is 1.37. The SMILES string of the molecule is CCCCC(CC)CCC(=O)O. The Hall–Kier alpha value is -0.530. The second kappa shape index (κ2) is 7.14. The van der Waals surface area contributed by atoms with E-state index in [1.165, 1.54) is 19.3 Å². The van der Waals surface area contributed by atoms with Crippen LogP contribution < -0.4 is 0 Å². The third kappa shape index (κ3) is 6.20. The van der Waals surface area contributed by atoms with Gasteiger partial charge in [0, 0.05) is 6.42 Å². The van der Waals surface area contributed by atoms with Crippen molar-refractivity contribution in [1.29, 1.82) is 0 Å². The molecule has 0 amide bonds. The second-order valence-electron chi connectivity index (χ2n) is 3.35. The average Bonchev–Trinajstić information content (AvgIpc) is 2.05. The molecule has 2 heteroatoms. The zero-order valence-corrected chi connectivity index (χ0v) is 8.18. The third-order valence-electron chi connectivity index (χ3n) is 2.31. The summed E-state index contributed by atoms with van der Waals surface area (Å²) in [5.41, 5.74) is 0. The summed E-state index contributed by atoms with van der Waals surface area (Å²) in [4.78, 5) is 10.3. The number of hydrogen-bond donors (Lipinski definition) is 1. The molecule has 0 heterocycles. The standard InChI is InChI=1S/C10H20O2/c1-3-5-6-9(4-2)7-8-10(11)12/h9H,3-8H2,1-2H3,(H,11,12). The predicted octanol–water partition coefficient (Wildman–Crippen LogP) is 3.07. The zero-order valence-electron chi connectivity index (χ0n) is 8.18. The molecule has 0 spiro atoms. The van der Waals surface area contributed by atoms with Gasteiger partial charge in [0.1, 0.15) is 0 Å². The van der Waals surface area contributed by atoms with Crippen molar-refractivity contribution in [2.45, 2.75) is 52.4 Å². The van der Waals surface area contributed by atoms with Crippen molar-refractivity contribution in [2.24, 2.45) is 5.92 Å². The fraction of sp³-hybridized carbons (Fsp3) is 0.900. The van der Waals surface area contributed by atoms with Gasteiger partial charge < -0.3 is 5.11 Å². The Morgan fingerprint density at radius 2 is 2.00 bits per heavy atom. The number of unbranched alkanes of at least 4 members (excludes halogenated alkanes) is 1. The van der Waals surface area contributed by atoms with Crippen LogP contribution in [0.1, 0.15) is 52.4 Å². The number of hydrogen-bond acceptors (Lipinski definition) is 1. The van der Waals surface area contributed by atoms with E-state index in [2.05, 4.69) is 13.8 Å². The Labute approximate surface area is 75.0 Å². The Bertz CT molecular complexity index is 121. The quantitative estimate of drug-likeness (QED) is 0.640. The van der Waals surface area contributed by atoms with Crippen molar-refractivity contribution >= 4 is 5.97 Å². The minimum atomic E-state index is -0.662. The van der Waals surface area contributed by atoms with E-state index in [0.717, 1.165) is 12.8 Å². The van der Waals surface area contributed by atoms with E-state index in [4.69, 9.17) is 5.11 Å². The van der Waals surface area contributed by atoms with Crippen LogP contribution >= 0.6 is 0 Å². The first-order valence-corrected chi connectivity index (χ1v) is 4.92. The van der Waals surface area contributed by atoms with E-state index < -0.39 is 5.97 Å². The fourth-order valence-electron chi connectivity index (χ4n) is 1.37. The normalized spacial score (nSPS) is 12.8. The Kier molecular flexibility index (Phi) is 6.82. The number of carbonyl (C=O) groups is 1. The van der Waals surface area contributed by atoms with Gasteiger partial charge in [0.25, 0.3) is 0 Å². The van der Waals surface area contributed by atoms with Gasteiger partial charge in [-0.1, -0.05) is 39.5 Å². The summed E-state index contributed by atoms with van der Waals surface area (Å²) in [5.74, 6) is -0.0361. The highest BCUT2D eigenvalue weighted by atomic mass is 16.4. The summed E-state index contributed by atoms with van der Waals surface area (Å²) < 4.78 is 0. The topological polar surface area (TPSA) is 37.3 Å². The number of aliphatic carboxylic acids is 1. The third-order valence-corrected chi connectivity index (χ3v) is 2.31. The summed E-state index contributed by atoms with van der Waals surface area (Å²) in [5, 5.41) is 8.48. The molecule has 0 aliphatic heterocycles. The molecule has 0 radical (unpaired) electrons. The molecule has 1 N–H and O–H groups in total. The minimum Gasteiger partial charge on any atom is -0.481 e. The smallest absolute Gasteiger partial charge is 0.303 e. The van der Waals surface area contributed by atoms with Crippen LogP contribution in [0.4, 0.5) is 0 Å². The van der Waals surface area contributed by atoms with Crippen molar-refractivity contribution < 1.29 is 9.90 Å². The first-order chi connectivity index (χ1) is 5.70. The van der Waals surface area contributed by atoms with Crippen LogP contribution in [-0.2, 0) is 4.79 Å². The van der Waals surface area contributed by atoms with Crippen molar-refractivity contribution in [3.63, 3.8) is 0 Å². The maximum absolute atomic E-state index is 10.3. The van der Waals surface area contributed by atoms with Gasteiger partial charge >= 0.3 is 5.97 Å². The first-order valence-electron chi connectivity index (χ1n) is 4.92. The Balaban J connectivity index is 3.45. The van der Waals surface area contributed by atoms with Gasteiger partial charge in [0.2, 0.25) is 0 Å². The maximum Gasteiger partial charge on any atom is 0.303 e. The maximum atomic E-state index is 10.3. The van der Waals surface area contributed by atoms with Gasteiger partial charge in [-0.3, -0.25) is 4.79 Å². The molecule has 2 nitrogen and oxygen atoms in total. The molecule has 0 aromatic rings. The highest BCUT2D eigenvalue weighted by molar-refractivity contribution is 5.66. The first kappa shape index (κ1) is 11.5. The number of rotatable bonds is 7. The molecule has 0 bridgehead atoms. The number of carboxylic acid groups (broad SMARTS) is 1. The molecule has 0 saturated carbocycles. The van der Waals surface area contributed by atoms with Crippen molar-refractivity contribution in [3.8, 4) is 0 Å².